The summed E-state index contributed by atoms with van der Waals surface area (Å²) in [5.41, 5.74) is 1.27. The van der Waals surface area contributed by atoms with Crippen LogP contribution in [0.2, 0.25) is 0 Å². The second-order valence-electron chi connectivity index (χ2n) is 5.92. The lowest BCUT2D eigenvalue weighted by Gasteiger charge is -2.28. The molecule has 4 heteroatoms. The van der Waals surface area contributed by atoms with Gasteiger partial charge in [0.2, 0.25) is 0 Å². The van der Waals surface area contributed by atoms with Gasteiger partial charge in [-0.15, -0.1) is 10.2 Å². The van der Waals surface area contributed by atoms with Crippen LogP contribution in [0.25, 0.3) is 0 Å². The Hall–Kier alpha value is -1.68. The van der Waals surface area contributed by atoms with Crippen LogP contribution in [0.5, 0.6) is 0 Å². The lowest BCUT2D eigenvalue weighted by atomic mass is 9.83. The van der Waals surface area contributed by atoms with Crippen molar-refractivity contribution < 1.29 is 0 Å². The van der Waals surface area contributed by atoms with Gasteiger partial charge in [-0.05, 0) is 11.5 Å². The van der Waals surface area contributed by atoms with Crippen molar-refractivity contribution in [2.45, 2.75) is 38.3 Å². The molecule has 0 spiro atoms. The minimum Gasteiger partial charge on any atom is -0.312 e. The molecule has 1 atom stereocenters. The van der Waals surface area contributed by atoms with Crippen LogP contribution in [0.3, 0.4) is 0 Å². The first-order valence-electron chi connectivity index (χ1n) is 7.62. The molecule has 1 aliphatic heterocycles. The van der Waals surface area contributed by atoms with Crippen LogP contribution in [-0.2, 0) is 13.0 Å². The van der Waals surface area contributed by atoms with E-state index in [-0.39, 0.29) is 6.04 Å². The van der Waals surface area contributed by atoms with Gasteiger partial charge >= 0.3 is 0 Å². The van der Waals surface area contributed by atoms with Crippen molar-refractivity contribution in [1.29, 1.82) is 0 Å². The van der Waals surface area contributed by atoms with Crippen molar-refractivity contribution in [3.8, 4) is 0 Å². The topological polar surface area (TPSA) is 42.7 Å². The largest absolute Gasteiger partial charge is 0.312 e. The summed E-state index contributed by atoms with van der Waals surface area (Å²) in [5, 5.41) is 12.5. The molecule has 1 aromatic heterocycles. The molecule has 1 fully saturated rings. The number of rotatable bonds is 3. The SMILES string of the molecule is c1ccc(C2NCCn3c(CC4CCC4)nnc32)cc1. The molecule has 0 bridgehead atoms. The lowest BCUT2D eigenvalue weighted by molar-refractivity contribution is 0.303. The number of hydrogen-bond acceptors (Lipinski definition) is 3. The molecule has 4 nitrogen and oxygen atoms in total. The Morgan fingerprint density at radius 2 is 2.00 bits per heavy atom. The second kappa shape index (κ2) is 5.02. The quantitative estimate of drug-likeness (QED) is 0.929. The Kier molecular flexibility index (Phi) is 3.03. The van der Waals surface area contributed by atoms with Crippen LogP contribution in [0.1, 0.15) is 42.5 Å². The molecule has 4 rings (SSSR count). The van der Waals surface area contributed by atoms with E-state index in [0.29, 0.717) is 0 Å². The van der Waals surface area contributed by atoms with Crippen molar-refractivity contribution >= 4 is 0 Å². The maximum Gasteiger partial charge on any atom is 0.154 e. The van der Waals surface area contributed by atoms with Gasteiger partial charge < -0.3 is 9.88 Å². The molecule has 104 valence electrons. The van der Waals surface area contributed by atoms with Crippen LogP contribution >= 0.6 is 0 Å². The van der Waals surface area contributed by atoms with Gasteiger partial charge in [0.15, 0.2) is 5.82 Å². The Bertz CT molecular complexity index is 586. The van der Waals surface area contributed by atoms with E-state index in [1.807, 2.05) is 0 Å². The predicted octanol–water partition coefficient (Wildman–Crippen LogP) is 2.31. The number of nitrogens with zero attached hydrogens (tertiary/aromatic N) is 3. The van der Waals surface area contributed by atoms with E-state index < -0.39 is 0 Å². The smallest absolute Gasteiger partial charge is 0.154 e. The molecule has 1 aliphatic carbocycles. The average Bonchev–Trinajstić information content (AvgIpc) is 2.87. The summed E-state index contributed by atoms with van der Waals surface area (Å²) >= 11 is 0. The standard InChI is InChI=1S/C16H20N4/c1-2-7-13(8-3-1)15-16-19-18-14(11-12-5-4-6-12)20(16)10-9-17-15/h1-3,7-8,12,15,17H,4-6,9-11H2. The monoisotopic (exact) mass is 268 g/mol. The van der Waals surface area contributed by atoms with Crippen molar-refractivity contribution in [2.75, 3.05) is 6.54 Å². The fourth-order valence-electron chi connectivity index (χ4n) is 3.24. The third-order valence-corrected chi connectivity index (χ3v) is 4.63. The van der Waals surface area contributed by atoms with Gasteiger partial charge in [-0.25, -0.2) is 0 Å². The van der Waals surface area contributed by atoms with Gasteiger partial charge in [-0.1, -0.05) is 49.6 Å². The normalized spacial score (nSPS) is 22.3. The molecular weight excluding hydrogens is 248 g/mol. The van der Waals surface area contributed by atoms with E-state index in [2.05, 4.69) is 50.4 Å². The first kappa shape index (κ1) is 12.1. The zero-order valence-corrected chi connectivity index (χ0v) is 11.6. The van der Waals surface area contributed by atoms with Gasteiger partial charge in [0.25, 0.3) is 0 Å². The summed E-state index contributed by atoms with van der Waals surface area (Å²) in [6.07, 6.45) is 5.22. The van der Waals surface area contributed by atoms with E-state index in [9.17, 15) is 0 Å². The molecule has 2 heterocycles. The molecule has 1 aromatic carbocycles. The summed E-state index contributed by atoms with van der Waals surface area (Å²) < 4.78 is 2.34. The third kappa shape index (κ3) is 2.04. The average molecular weight is 268 g/mol. The van der Waals surface area contributed by atoms with Crippen molar-refractivity contribution in [3.05, 3.63) is 47.5 Å². The van der Waals surface area contributed by atoms with E-state index >= 15 is 0 Å². The maximum atomic E-state index is 4.48. The fraction of sp³-hybridized carbons (Fsp3) is 0.500. The zero-order chi connectivity index (χ0) is 13.4. The fourth-order valence-corrected chi connectivity index (χ4v) is 3.24. The maximum absolute atomic E-state index is 4.48. The Morgan fingerprint density at radius 1 is 1.15 bits per heavy atom. The Labute approximate surface area is 119 Å². The van der Waals surface area contributed by atoms with E-state index in [1.54, 1.807) is 0 Å². The number of fused-ring (bicyclic) bond motifs is 1. The first-order chi connectivity index (χ1) is 9.92. The second-order valence-corrected chi connectivity index (χ2v) is 5.92. The summed E-state index contributed by atoms with van der Waals surface area (Å²) in [6.45, 7) is 1.98. The summed E-state index contributed by atoms with van der Waals surface area (Å²) in [6, 6.07) is 10.7. The molecule has 1 saturated carbocycles. The molecule has 1 N–H and O–H groups in total. The Balaban J connectivity index is 1.64. The minimum atomic E-state index is 0.188. The van der Waals surface area contributed by atoms with Gasteiger partial charge in [-0.2, -0.15) is 0 Å². The highest BCUT2D eigenvalue weighted by molar-refractivity contribution is 5.26. The van der Waals surface area contributed by atoms with E-state index in [0.717, 1.165) is 31.3 Å². The molecule has 0 amide bonds. The minimum absolute atomic E-state index is 0.188. The summed E-state index contributed by atoms with van der Waals surface area (Å²) in [4.78, 5) is 0. The summed E-state index contributed by atoms with van der Waals surface area (Å²) in [7, 11) is 0. The Morgan fingerprint density at radius 3 is 2.75 bits per heavy atom. The molecule has 2 aromatic rings. The molecule has 0 saturated heterocycles. The van der Waals surface area contributed by atoms with Crippen LogP contribution in [-0.4, -0.2) is 21.3 Å². The first-order valence-corrected chi connectivity index (χ1v) is 7.62. The predicted molar refractivity (Wildman–Crippen MR) is 77.4 cm³/mol. The molecule has 20 heavy (non-hydrogen) atoms. The molecule has 1 unspecified atom stereocenters. The molecular formula is C16H20N4. The lowest BCUT2D eigenvalue weighted by Crippen LogP contribution is -2.35. The van der Waals surface area contributed by atoms with E-state index in [4.69, 9.17) is 0 Å². The van der Waals surface area contributed by atoms with Crippen LogP contribution in [0.15, 0.2) is 30.3 Å². The molecule has 2 aliphatic rings. The molecule has 0 radical (unpaired) electrons. The summed E-state index contributed by atoms with van der Waals surface area (Å²) in [5.74, 6) is 3.11. The number of benzene rings is 1. The van der Waals surface area contributed by atoms with Gasteiger partial charge in [0.05, 0.1) is 6.04 Å². The number of nitrogens with one attached hydrogen (secondary N) is 1. The van der Waals surface area contributed by atoms with Crippen molar-refractivity contribution in [2.24, 2.45) is 5.92 Å². The van der Waals surface area contributed by atoms with Crippen LogP contribution in [0, 0.1) is 5.92 Å². The van der Waals surface area contributed by atoms with Gasteiger partial charge in [0.1, 0.15) is 5.82 Å². The highest BCUT2D eigenvalue weighted by atomic mass is 15.3. The zero-order valence-electron chi connectivity index (χ0n) is 11.6. The van der Waals surface area contributed by atoms with Crippen molar-refractivity contribution in [1.82, 2.24) is 20.1 Å². The number of aromatic nitrogens is 3. The highest BCUT2D eigenvalue weighted by Gasteiger charge is 2.28. The van der Waals surface area contributed by atoms with Crippen molar-refractivity contribution in [3.63, 3.8) is 0 Å². The third-order valence-electron chi connectivity index (χ3n) is 4.63. The van der Waals surface area contributed by atoms with Crippen LogP contribution < -0.4 is 5.32 Å². The van der Waals surface area contributed by atoms with Gasteiger partial charge in [0, 0.05) is 19.5 Å². The van der Waals surface area contributed by atoms with Gasteiger partial charge in [-0.3, -0.25) is 0 Å². The highest BCUT2D eigenvalue weighted by Crippen LogP contribution is 2.31. The van der Waals surface area contributed by atoms with E-state index in [1.165, 1.54) is 30.7 Å². The number of hydrogen-bond donors (Lipinski definition) is 1. The van der Waals surface area contributed by atoms with Crippen LogP contribution in [0.4, 0.5) is 0 Å².